The molecule has 0 fully saturated rings. The van der Waals surface area contributed by atoms with Crippen LogP contribution in [0.4, 0.5) is 5.69 Å². The molecule has 0 saturated heterocycles. The number of benzene rings is 1. The molecule has 1 aromatic rings. The van der Waals surface area contributed by atoms with E-state index in [-0.39, 0.29) is 6.54 Å². The molecule has 1 aliphatic heterocycles. The van der Waals surface area contributed by atoms with Gasteiger partial charge in [0.15, 0.2) is 5.25 Å². The van der Waals surface area contributed by atoms with Crippen LogP contribution >= 0.6 is 0 Å². The van der Waals surface area contributed by atoms with Gasteiger partial charge in [0.05, 0.1) is 18.3 Å². The van der Waals surface area contributed by atoms with Crippen molar-refractivity contribution in [1.29, 1.82) is 5.26 Å². The molecule has 0 saturated carbocycles. The van der Waals surface area contributed by atoms with Crippen LogP contribution in [0.25, 0.3) is 0 Å². The lowest BCUT2D eigenvalue weighted by Crippen LogP contribution is -2.37. The van der Waals surface area contributed by atoms with E-state index in [0.717, 1.165) is 4.31 Å². The molecule has 7 heteroatoms. The van der Waals surface area contributed by atoms with Crippen LogP contribution in [0, 0.1) is 11.3 Å². The number of anilines is 1. The van der Waals surface area contributed by atoms with Crippen LogP contribution in [0.15, 0.2) is 24.3 Å². The molecule has 2 atom stereocenters. The van der Waals surface area contributed by atoms with Gasteiger partial charge in [-0.2, -0.15) is 5.26 Å². The monoisotopic (exact) mass is 280 g/mol. The summed E-state index contributed by atoms with van der Waals surface area (Å²) in [6, 6.07) is 8.14. The molecule has 6 nitrogen and oxygen atoms in total. The maximum absolute atomic E-state index is 12.2. The molecule has 0 aliphatic carbocycles. The van der Waals surface area contributed by atoms with Crippen LogP contribution in [0.5, 0.6) is 0 Å². The zero-order chi connectivity index (χ0) is 14.2. The Morgan fingerprint density at radius 1 is 1.53 bits per heavy atom. The molecule has 19 heavy (non-hydrogen) atoms. The Morgan fingerprint density at radius 3 is 2.74 bits per heavy atom. The molecule has 1 N–H and O–H groups in total. The normalized spacial score (nSPS) is 19.6. The van der Waals surface area contributed by atoms with E-state index in [4.69, 9.17) is 10.4 Å². The Labute approximate surface area is 110 Å². The fraction of sp³-hybridized carbons (Fsp3) is 0.333. The summed E-state index contributed by atoms with van der Waals surface area (Å²) in [6.45, 7) is 1.12. The van der Waals surface area contributed by atoms with E-state index in [9.17, 15) is 13.2 Å². The molecular weight excluding hydrogens is 268 g/mol. The number of aliphatic carboxylic acids is 1. The highest BCUT2D eigenvalue weighted by Gasteiger charge is 2.41. The van der Waals surface area contributed by atoms with Crippen LogP contribution < -0.4 is 4.31 Å². The number of carbonyl (C=O) groups is 1. The number of hydrogen-bond donors (Lipinski definition) is 1. The predicted octanol–water partition coefficient (Wildman–Crippen LogP) is 0.917. The van der Waals surface area contributed by atoms with Crippen molar-refractivity contribution in [2.45, 2.75) is 18.1 Å². The number of carboxylic acids is 1. The van der Waals surface area contributed by atoms with Crippen LogP contribution in [0.2, 0.25) is 0 Å². The van der Waals surface area contributed by atoms with Crippen molar-refractivity contribution in [3.63, 3.8) is 0 Å². The number of nitriles is 1. The summed E-state index contributed by atoms with van der Waals surface area (Å²) in [4.78, 5) is 11.2. The average Bonchev–Trinajstić information content (AvgIpc) is 2.78. The molecule has 1 aliphatic rings. The molecule has 0 spiro atoms. The lowest BCUT2D eigenvalue weighted by molar-refractivity contribution is -0.138. The van der Waals surface area contributed by atoms with Crippen molar-refractivity contribution in [3.8, 4) is 6.07 Å². The molecule has 100 valence electrons. The summed E-state index contributed by atoms with van der Waals surface area (Å²) in [6.07, 6.45) is 0. The van der Waals surface area contributed by atoms with Gasteiger partial charge in [-0.1, -0.05) is 18.2 Å². The minimum absolute atomic E-state index is 0.164. The molecule has 0 bridgehead atoms. The summed E-state index contributed by atoms with van der Waals surface area (Å²) in [7, 11) is -3.86. The van der Waals surface area contributed by atoms with Gasteiger partial charge in [-0.25, -0.2) is 8.42 Å². The van der Waals surface area contributed by atoms with Crippen LogP contribution in [0.1, 0.15) is 18.4 Å². The van der Waals surface area contributed by atoms with Gasteiger partial charge < -0.3 is 5.11 Å². The first-order valence-corrected chi connectivity index (χ1v) is 7.12. The van der Waals surface area contributed by atoms with Gasteiger partial charge in [-0.15, -0.1) is 0 Å². The van der Waals surface area contributed by atoms with Crippen LogP contribution in [-0.2, 0) is 14.8 Å². The quantitative estimate of drug-likeness (QED) is 0.887. The molecule has 2 unspecified atom stereocenters. The zero-order valence-electron chi connectivity index (χ0n) is 10.1. The van der Waals surface area contributed by atoms with E-state index in [2.05, 4.69) is 0 Å². The van der Waals surface area contributed by atoms with E-state index in [0.29, 0.717) is 11.3 Å². The second-order valence-electron chi connectivity index (χ2n) is 4.30. The predicted molar refractivity (Wildman–Crippen MR) is 68.2 cm³/mol. The molecule has 0 amide bonds. The average molecular weight is 280 g/mol. The largest absolute Gasteiger partial charge is 0.481 e. The Bertz CT molecular complexity index is 663. The summed E-state index contributed by atoms with van der Waals surface area (Å²) < 4.78 is 25.4. The van der Waals surface area contributed by atoms with E-state index < -0.39 is 27.2 Å². The van der Waals surface area contributed by atoms with Crippen LogP contribution in [0.3, 0.4) is 0 Å². The molecular formula is C12H12N2O4S. The lowest BCUT2D eigenvalue weighted by atomic mass is 10.0. The SMILES string of the molecule is CC(C#N)S(=O)(=O)N1CC(C(=O)O)c2ccccc21. The highest BCUT2D eigenvalue weighted by atomic mass is 32.2. The molecule has 0 radical (unpaired) electrons. The number of fused-ring (bicyclic) bond motifs is 1. The Morgan fingerprint density at radius 2 is 2.16 bits per heavy atom. The third-order valence-electron chi connectivity index (χ3n) is 3.16. The number of hydrogen-bond acceptors (Lipinski definition) is 4. The first-order valence-electron chi connectivity index (χ1n) is 5.62. The van der Waals surface area contributed by atoms with E-state index in [1.807, 2.05) is 0 Å². The Kier molecular flexibility index (Phi) is 3.20. The number of nitrogens with zero attached hydrogens (tertiary/aromatic N) is 2. The second-order valence-corrected chi connectivity index (χ2v) is 6.47. The minimum Gasteiger partial charge on any atom is -0.481 e. The first-order chi connectivity index (χ1) is 8.89. The van der Waals surface area contributed by atoms with Gasteiger partial charge in [-0.05, 0) is 18.6 Å². The van der Waals surface area contributed by atoms with Gasteiger partial charge in [0.1, 0.15) is 5.92 Å². The fourth-order valence-electron chi connectivity index (χ4n) is 2.08. The topological polar surface area (TPSA) is 98.5 Å². The Hall–Kier alpha value is -2.07. The van der Waals surface area contributed by atoms with Gasteiger partial charge >= 0.3 is 5.97 Å². The second kappa shape index (κ2) is 4.55. The van der Waals surface area contributed by atoms with Crippen molar-refractivity contribution in [3.05, 3.63) is 29.8 Å². The smallest absolute Gasteiger partial charge is 0.312 e. The van der Waals surface area contributed by atoms with E-state index in [1.165, 1.54) is 6.92 Å². The van der Waals surface area contributed by atoms with Crippen molar-refractivity contribution in [2.24, 2.45) is 0 Å². The van der Waals surface area contributed by atoms with Crippen molar-refractivity contribution in [2.75, 3.05) is 10.8 Å². The minimum atomic E-state index is -3.86. The fourth-order valence-corrected chi connectivity index (χ4v) is 3.39. The van der Waals surface area contributed by atoms with Gasteiger partial charge in [0.2, 0.25) is 0 Å². The zero-order valence-corrected chi connectivity index (χ0v) is 11.0. The lowest BCUT2D eigenvalue weighted by Gasteiger charge is -2.20. The van der Waals surface area contributed by atoms with Gasteiger partial charge in [0, 0.05) is 0 Å². The third kappa shape index (κ3) is 2.04. The molecule has 1 heterocycles. The summed E-state index contributed by atoms with van der Waals surface area (Å²) in [5.74, 6) is -1.97. The van der Waals surface area contributed by atoms with E-state index >= 15 is 0 Å². The van der Waals surface area contributed by atoms with Crippen molar-refractivity contribution >= 4 is 21.7 Å². The molecule has 2 rings (SSSR count). The first kappa shape index (κ1) is 13.4. The number of carboxylic acid groups (broad SMARTS) is 1. The molecule has 0 aromatic heterocycles. The number of sulfonamides is 1. The highest BCUT2D eigenvalue weighted by molar-refractivity contribution is 7.93. The van der Waals surface area contributed by atoms with Gasteiger partial charge in [0.25, 0.3) is 10.0 Å². The van der Waals surface area contributed by atoms with Crippen LogP contribution in [-0.4, -0.2) is 31.3 Å². The standard InChI is InChI=1S/C12H12N2O4S/c1-8(6-13)19(17,18)14-7-10(12(15)16)9-4-2-3-5-11(9)14/h2-5,8,10H,7H2,1H3,(H,15,16). The van der Waals surface area contributed by atoms with Crippen molar-refractivity contribution < 1.29 is 18.3 Å². The number of para-hydroxylation sites is 1. The number of rotatable bonds is 3. The van der Waals surface area contributed by atoms with Gasteiger partial charge in [-0.3, -0.25) is 9.10 Å². The van der Waals surface area contributed by atoms with E-state index in [1.54, 1.807) is 30.3 Å². The maximum atomic E-state index is 12.2. The molecule has 1 aromatic carbocycles. The summed E-state index contributed by atoms with van der Waals surface area (Å²) in [5.41, 5.74) is 0.806. The maximum Gasteiger partial charge on any atom is 0.312 e. The summed E-state index contributed by atoms with van der Waals surface area (Å²) >= 11 is 0. The Balaban J connectivity index is 2.53. The third-order valence-corrected chi connectivity index (χ3v) is 5.12. The van der Waals surface area contributed by atoms with Crippen molar-refractivity contribution in [1.82, 2.24) is 0 Å². The summed E-state index contributed by atoms with van der Waals surface area (Å²) in [5, 5.41) is 16.7. The highest BCUT2D eigenvalue weighted by Crippen LogP contribution is 2.38.